The van der Waals surface area contributed by atoms with Gasteiger partial charge in [-0.15, -0.1) is 0 Å². The zero-order valence-corrected chi connectivity index (χ0v) is 11.8. The monoisotopic (exact) mass is 258 g/mol. The van der Waals surface area contributed by atoms with E-state index in [-0.39, 0.29) is 35.1 Å². The molecule has 0 saturated carbocycles. The van der Waals surface area contributed by atoms with Gasteiger partial charge in [0, 0.05) is 5.02 Å². The van der Waals surface area contributed by atoms with Crippen molar-refractivity contribution in [1.82, 2.24) is 0 Å². The van der Waals surface area contributed by atoms with Crippen LogP contribution >= 0.6 is 11.6 Å². The maximum Gasteiger partial charge on any atom is 1.00 e. The Kier molecular flexibility index (Phi) is 5.77. The molecule has 0 aliphatic carbocycles. The van der Waals surface area contributed by atoms with Crippen LogP contribution in [0.4, 0.5) is 0 Å². The molecule has 15 heavy (non-hydrogen) atoms. The fourth-order valence-corrected chi connectivity index (χ4v) is 1.60. The Hall–Kier alpha value is 0.380. The summed E-state index contributed by atoms with van der Waals surface area (Å²) < 4.78 is 31.4. The van der Waals surface area contributed by atoms with Crippen molar-refractivity contribution in [2.45, 2.75) is 12.4 Å². The maximum absolute atomic E-state index is 10.5. The average Bonchev–Trinajstić information content (AvgIpc) is 2.07. The Morgan fingerprint density at radius 1 is 1.47 bits per heavy atom. The summed E-state index contributed by atoms with van der Waals surface area (Å²) in [5.74, 6) is 0. The SMILES string of the molecule is Cc1ccc(C(O)S(=O)(=O)[O-])cc1Cl.[Na+]. The molecule has 0 saturated heterocycles. The molecule has 0 heterocycles. The number of halogens is 1. The quantitative estimate of drug-likeness (QED) is 0.501. The predicted octanol–water partition coefficient (Wildman–Crippen LogP) is -1.81. The summed E-state index contributed by atoms with van der Waals surface area (Å²) in [7, 11) is -4.74. The third kappa shape index (κ3) is 4.03. The molecule has 4 nitrogen and oxygen atoms in total. The first kappa shape index (κ1) is 15.4. The van der Waals surface area contributed by atoms with Crippen LogP contribution in [0.1, 0.15) is 16.6 Å². The van der Waals surface area contributed by atoms with Crippen LogP contribution < -0.4 is 29.6 Å². The van der Waals surface area contributed by atoms with Crippen molar-refractivity contribution >= 4 is 21.7 Å². The van der Waals surface area contributed by atoms with Crippen molar-refractivity contribution in [2.75, 3.05) is 0 Å². The zero-order chi connectivity index (χ0) is 10.9. The predicted molar refractivity (Wildman–Crippen MR) is 50.8 cm³/mol. The fraction of sp³-hybridized carbons (Fsp3) is 0.250. The van der Waals surface area contributed by atoms with Crippen LogP contribution in [0.2, 0.25) is 5.02 Å². The molecule has 1 rings (SSSR count). The van der Waals surface area contributed by atoms with E-state index in [9.17, 15) is 13.0 Å². The van der Waals surface area contributed by atoms with Crippen molar-refractivity contribution in [3.8, 4) is 0 Å². The summed E-state index contributed by atoms with van der Waals surface area (Å²) >= 11 is 5.70. The summed E-state index contributed by atoms with van der Waals surface area (Å²) in [5, 5.41) is 9.42. The second kappa shape index (κ2) is 5.63. The minimum absolute atomic E-state index is 0. The van der Waals surface area contributed by atoms with Crippen molar-refractivity contribution in [1.29, 1.82) is 0 Å². The molecule has 1 atom stereocenters. The Balaban J connectivity index is 0.00000196. The first-order chi connectivity index (χ1) is 6.32. The van der Waals surface area contributed by atoms with Gasteiger partial charge in [-0.1, -0.05) is 23.7 Å². The first-order valence-corrected chi connectivity index (χ1v) is 5.56. The van der Waals surface area contributed by atoms with Gasteiger partial charge in [-0.25, -0.2) is 8.42 Å². The van der Waals surface area contributed by atoms with E-state index in [1.807, 2.05) is 0 Å². The molecule has 0 fully saturated rings. The summed E-state index contributed by atoms with van der Waals surface area (Å²) in [6, 6.07) is 4.14. The topological polar surface area (TPSA) is 77.4 Å². The summed E-state index contributed by atoms with van der Waals surface area (Å²) in [6.45, 7) is 1.73. The van der Waals surface area contributed by atoms with Crippen LogP contribution in [-0.4, -0.2) is 18.1 Å². The summed E-state index contributed by atoms with van der Waals surface area (Å²) in [6.07, 6.45) is 0. The van der Waals surface area contributed by atoms with E-state index in [1.165, 1.54) is 18.2 Å². The fourth-order valence-electron chi connectivity index (χ4n) is 0.929. The van der Waals surface area contributed by atoms with Gasteiger partial charge in [0.2, 0.25) is 0 Å². The Morgan fingerprint density at radius 2 is 2.00 bits per heavy atom. The smallest absolute Gasteiger partial charge is 0.746 e. The van der Waals surface area contributed by atoms with E-state index >= 15 is 0 Å². The third-order valence-corrected chi connectivity index (χ3v) is 2.98. The summed E-state index contributed by atoms with van der Waals surface area (Å²) in [4.78, 5) is 0. The van der Waals surface area contributed by atoms with Crippen LogP contribution in [0.5, 0.6) is 0 Å². The van der Waals surface area contributed by atoms with Gasteiger partial charge in [0.15, 0.2) is 5.44 Å². The van der Waals surface area contributed by atoms with Gasteiger partial charge < -0.3 is 9.66 Å². The second-order valence-electron chi connectivity index (χ2n) is 2.85. The molecule has 0 amide bonds. The van der Waals surface area contributed by atoms with Gasteiger partial charge in [-0.05, 0) is 24.1 Å². The summed E-state index contributed by atoms with van der Waals surface area (Å²) in [5.41, 5.74) is -1.33. The number of hydrogen-bond acceptors (Lipinski definition) is 4. The minimum Gasteiger partial charge on any atom is -0.746 e. The van der Waals surface area contributed by atoms with Crippen molar-refractivity contribution in [3.63, 3.8) is 0 Å². The molecule has 0 aromatic heterocycles. The van der Waals surface area contributed by atoms with E-state index in [4.69, 9.17) is 16.7 Å². The van der Waals surface area contributed by atoms with Gasteiger partial charge in [0.25, 0.3) is 0 Å². The largest absolute Gasteiger partial charge is 1.00 e. The molecule has 0 radical (unpaired) electrons. The van der Waals surface area contributed by atoms with E-state index in [0.29, 0.717) is 5.02 Å². The van der Waals surface area contributed by atoms with Crippen LogP contribution in [0.15, 0.2) is 18.2 Å². The van der Waals surface area contributed by atoms with Gasteiger partial charge in [0.1, 0.15) is 10.1 Å². The number of aliphatic hydroxyl groups excluding tert-OH is 1. The zero-order valence-electron chi connectivity index (χ0n) is 8.27. The standard InChI is InChI=1S/C8H9ClO4S.Na/c1-5-2-3-6(4-7(5)9)8(10)14(11,12)13;/h2-4,8,10H,1H3,(H,11,12,13);/q;+1/p-1. The van der Waals surface area contributed by atoms with E-state index in [2.05, 4.69) is 0 Å². The minimum atomic E-state index is -4.74. The molecule has 78 valence electrons. The Labute approximate surface area is 115 Å². The molecule has 0 aliphatic rings. The molecule has 0 bridgehead atoms. The molecule has 0 spiro atoms. The first-order valence-electron chi connectivity index (χ1n) is 3.71. The van der Waals surface area contributed by atoms with Crippen LogP contribution in [0.3, 0.4) is 0 Å². The van der Waals surface area contributed by atoms with Gasteiger partial charge >= 0.3 is 29.6 Å². The number of aliphatic hydroxyl groups is 1. The van der Waals surface area contributed by atoms with E-state index in [0.717, 1.165) is 5.56 Å². The average molecular weight is 259 g/mol. The molecule has 1 aromatic carbocycles. The Morgan fingerprint density at radius 3 is 2.40 bits per heavy atom. The van der Waals surface area contributed by atoms with Crippen LogP contribution in [0.25, 0.3) is 0 Å². The molecule has 1 aromatic rings. The van der Waals surface area contributed by atoms with Crippen molar-refractivity contribution < 1.29 is 47.6 Å². The number of rotatable bonds is 2. The number of hydrogen-bond donors (Lipinski definition) is 1. The number of benzene rings is 1. The van der Waals surface area contributed by atoms with Gasteiger partial charge in [-0.2, -0.15) is 0 Å². The normalized spacial score (nSPS) is 13.1. The molecular weight excluding hydrogens is 251 g/mol. The van der Waals surface area contributed by atoms with Crippen molar-refractivity contribution in [3.05, 3.63) is 34.3 Å². The number of aryl methyl sites for hydroxylation is 1. The van der Waals surface area contributed by atoms with Crippen molar-refractivity contribution in [2.24, 2.45) is 0 Å². The van der Waals surface area contributed by atoms with E-state index in [1.54, 1.807) is 6.92 Å². The molecular formula is C8H8ClNaO4S. The van der Waals surface area contributed by atoms with Gasteiger partial charge in [0.05, 0.1) is 0 Å². The van der Waals surface area contributed by atoms with Crippen LogP contribution in [-0.2, 0) is 10.1 Å². The third-order valence-electron chi connectivity index (χ3n) is 1.75. The molecule has 0 aliphatic heterocycles. The molecule has 1 N–H and O–H groups in total. The van der Waals surface area contributed by atoms with Crippen LogP contribution in [0, 0.1) is 6.92 Å². The second-order valence-corrected chi connectivity index (χ2v) is 4.69. The molecule has 7 heteroatoms. The Bertz CT molecular complexity index is 446. The van der Waals surface area contributed by atoms with E-state index < -0.39 is 15.6 Å². The molecule has 1 unspecified atom stereocenters. The maximum atomic E-state index is 10.5. The van der Waals surface area contributed by atoms with Gasteiger partial charge in [-0.3, -0.25) is 0 Å².